The number of thiophene rings is 1. The number of likely N-dealkylation sites (tertiary alicyclic amines) is 1. The Bertz CT molecular complexity index is 659. The zero-order valence-corrected chi connectivity index (χ0v) is 14.5. The minimum atomic E-state index is -0.313. The zero-order valence-electron chi connectivity index (χ0n) is 13.7. The Labute approximate surface area is 146 Å². The quantitative estimate of drug-likeness (QED) is 0.869. The fraction of sp³-hybridized carbons (Fsp3) is 0.421. The lowest BCUT2D eigenvalue weighted by molar-refractivity contribution is -0.120. The standard InChI is InChI=1S/C19H23FN2OS/c20-18-8-2-1-6-16(18)11-19(23)21-12-15-5-3-9-22(13-15)14-17-7-4-10-24-17/h1-2,4,6-8,10,15H,3,5,9,11-14H2,(H,21,23)/t15-/m1/s1. The number of hydrogen-bond donors (Lipinski definition) is 1. The molecule has 24 heavy (non-hydrogen) atoms. The number of halogens is 1. The topological polar surface area (TPSA) is 32.3 Å². The van der Waals surface area contributed by atoms with Crippen molar-refractivity contribution in [2.45, 2.75) is 25.8 Å². The van der Waals surface area contributed by atoms with Crippen LogP contribution in [-0.4, -0.2) is 30.4 Å². The highest BCUT2D eigenvalue weighted by molar-refractivity contribution is 7.09. The van der Waals surface area contributed by atoms with Gasteiger partial charge in [0.1, 0.15) is 5.82 Å². The van der Waals surface area contributed by atoms with Crippen LogP contribution >= 0.6 is 11.3 Å². The van der Waals surface area contributed by atoms with Crippen LogP contribution in [-0.2, 0) is 17.8 Å². The molecule has 1 amide bonds. The molecule has 1 aliphatic rings. The van der Waals surface area contributed by atoms with E-state index in [2.05, 4.69) is 27.7 Å². The second-order valence-corrected chi connectivity index (χ2v) is 7.43. The smallest absolute Gasteiger partial charge is 0.224 e. The predicted octanol–water partition coefficient (Wildman–Crippen LogP) is 3.46. The maximum Gasteiger partial charge on any atom is 0.224 e. The van der Waals surface area contributed by atoms with Crippen molar-refractivity contribution in [3.63, 3.8) is 0 Å². The molecule has 2 heterocycles. The lowest BCUT2D eigenvalue weighted by Gasteiger charge is -2.32. The monoisotopic (exact) mass is 346 g/mol. The van der Waals surface area contributed by atoms with Crippen LogP contribution < -0.4 is 5.32 Å². The average molecular weight is 346 g/mol. The summed E-state index contributed by atoms with van der Waals surface area (Å²) < 4.78 is 13.6. The van der Waals surface area contributed by atoms with Crippen molar-refractivity contribution in [2.24, 2.45) is 5.92 Å². The number of carbonyl (C=O) groups excluding carboxylic acids is 1. The Kier molecular flexibility index (Phi) is 5.99. The number of benzene rings is 1. The lowest BCUT2D eigenvalue weighted by Crippen LogP contribution is -2.40. The third-order valence-electron chi connectivity index (χ3n) is 4.46. The van der Waals surface area contributed by atoms with Crippen molar-refractivity contribution in [3.05, 3.63) is 58.0 Å². The third-order valence-corrected chi connectivity index (χ3v) is 5.32. The van der Waals surface area contributed by atoms with Gasteiger partial charge in [-0.25, -0.2) is 4.39 Å². The molecule has 3 nitrogen and oxygen atoms in total. The largest absolute Gasteiger partial charge is 0.355 e. The van der Waals surface area contributed by atoms with E-state index in [9.17, 15) is 9.18 Å². The van der Waals surface area contributed by atoms with Crippen molar-refractivity contribution in [1.29, 1.82) is 0 Å². The van der Waals surface area contributed by atoms with Gasteiger partial charge in [0, 0.05) is 24.5 Å². The normalized spacial score (nSPS) is 18.5. The first-order valence-electron chi connectivity index (χ1n) is 8.45. The molecule has 1 N–H and O–H groups in total. The highest BCUT2D eigenvalue weighted by Gasteiger charge is 2.20. The Morgan fingerprint density at radius 1 is 1.29 bits per heavy atom. The molecule has 1 aliphatic heterocycles. The molecular weight excluding hydrogens is 323 g/mol. The Morgan fingerprint density at radius 3 is 2.96 bits per heavy atom. The van der Waals surface area contributed by atoms with Crippen LogP contribution in [0.5, 0.6) is 0 Å². The predicted molar refractivity (Wildman–Crippen MR) is 95.4 cm³/mol. The van der Waals surface area contributed by atoms with Crippen LogP contribution in [0.15, 0.2) is 41.8 Å². The Balaban J connectivity index is 1.44. The van der Waals surface area contributed by atoms with Crippen LogP contribution in [0.1, 0.15) is 23.3 Å². The highest BCUT2D eigenvalue weighted by atomic mass is 32.1. The maximum atomic E-state index is 13.6. The molecule has 0 bridgehead atoms. The minimum absolute atomic E-state index is 0.101. The van der Waals surface area contributed by atoms with Gasteiger partial charge in [0.15, 0.2) is 0 Å². The number of amides is 1. The van der Waals surface area contributed by atoms with Gasteiger partial charge in [0.05, 0.1) is 6.42 Å². The van der Waals surface area contributed by atoms with E-state index in [-0.39, 0.29) is 18.1 Å². The number of nitrogens with zero attached hydrogens (tertiary/aromatic N) is 1. The maximum absolute atomic E-state index is 13.6. The number of hydrogen-bond acceptors (Lipinski definition) is 3. The summed E-state index contributed by atoms with van der Waals surface area (Å²) in [6, 6.07) is 10.7. The first-order chi connectivity index (χ1) is 11.7. The fourth-order valence-corrected chi connectivity index (χ4v) is 3.97. The number of nitrogens with one attached hydrogen (secondary N) is 1. The molecule has 0 spiro atoms. The molecule has 3 rings (SSSR count). The van der Waals surface area contributed by atoms with E-state index in [1.807, 2.05) is 0 Å². The molecule has 5 heteroatoms. The van der Waals surface area contributed by atoms with Crippen molar-refractivity contribution in [2.75, 3.05) is 19.6 Å². The summed E-state index contributed by atoms with van der Waals surface area (Å²) in [5, 5.41) is 5.09. The molecule has 0 saturated carbocycles. The van der Waals surface area contributed by atoms with Gasteiger partial charge in [0.2, 0.25) is 5.91 Å². The summed E-state index contributed by atoms with van der Waals surface area (Å²) in [7, 11) is 0. The summed E-state index contributed by atoms with van der Waals surface area (Å²) >= 11 is 1.79. The van der Waals surface area contributed by atoms with Gasteiger partial charge < -0.3 is 5.32 Å². The number of rotatable bonds is 6. The van der Waals surface area contributed by atoms with Gasteiger partial charge in [-0.1, -0.05) is 24.3 Å². The summed E-state index contributed by atoms with van der Waals surface area (Å²) in [6.07, 6.45) is 2.42. The average Bonchev–Trinajstić information content (AvgIpc) is 3.08. The minimum Gasteiger partial charge on any atom is -0.355 e. The molecule has 1 fully saturated rings. The van der Waals surface area contributed by atoms with E-state index in [4.69, 9.17) is 0 Å². The summed E-state index contributed by atoms with van der Waals surface area (Å²) in [4.78, 5) is 15.9. The molecule has 0 radical (unpaired) electrons. The van der Waals surface area contributed by atoms with Crippen LogP contribution in [0.3, 0.4) is 0 Å². The number of carbonyl (C=O) groups is 1. The van der Waals surface area contributed by atoms with Crippen molar-refractivity contribution in [1.82, 2.24) is 10.2 Å². The van der Waals surface area contributed by atoms with Gasteiger partial charge >= 0.3 is 0 Å². The van der Waals surface area contributed by atoms with E-state index < -0.39 is 0 Å². The van der Waals surface area contributed by atoms with E-state index in [0.717, 1.165) is 26.1 Å². The summed E-state index contributed by atoms with van der Waals surface area (Å²) in [5.41, 5.74) is 0.456. The van der Waals surface area contributed by atoms with Crippen LogP contribution in [0.2, 0.25) is 0 Å². The Hall–Kier alpha value is -1.72. The Morgan fingerprint density at radius 2 is 2.17 bits per heavy atom. The van der Waals surface area contributed by atoms with Gasteiger partial charge in [-0.2, -0.15) is 0 Å². The molecule has 2 aromatic rings. The van der Waals surface area contributed by atoms with Gasteiger partial charge in [-0.3, -0.25) is 9.69 Å². The second kappa shape index (κ2) is 8.40. The molecule has 1 atom stereocenters. The SMILES string of the molecule is O=C(Cc1ccccc1F)NC[C@H]1CCCN(Cc2cccs2)C1. The first-order valence-corrected chi connectivity index (χ1v) is 9.33. The zero-order chi connectivity index (χ0) is 16.8. The van der Waals surface area contributed by atoms with E-state index in [0.29, 0.717) is 18.0 Å². The molecule has 1 saturated heterocycles. The van der Waals surface area contributed by atoms with E-state index in [1.54, 1.807) is 29.5 Å². The molecule has 128 valence electrons. The molecule has 0 aliphatic carbocycles. The summed E-state index contributed by atoms with van der Waals surface area (Å²) in [5.74, 6) is 0.0613. The van der Waals surface area contributed by atoms with Gasteiger partial charge in [0.25, 0.3) is 0 Å². The van der Waals surface area contributed by atoms with E-state index >= 15 is 0 Å². The molecule has 0 unspecified atom stereocenters. The van der Waals surface area contributed by atoms with E-state index in [1.165, 1.54) is 17.4 Å². The van der Waals surface area contributed by atoms with Crippen molar-refractivity contribution < 1.29 is 9.18 Å². The van der Waals surface area contributed by atoms with Crippen molar-refractivity contribution in [3.8, 4) is 0 Å². The van der Waals surface area contributed by atoms with Crippen LogP contribution in [0.4, 0.5) is 4.39 Å². The third kappa shape index (κ3) is 4.89. The van der Waals surface area contributed by atoms with Gasteiger partial charge in [-0.05, 0) is 48.4 Å². The number of piperidine rings is 1. The molecule has 1 aromatic carbocycles. The first kappa shape index (κ1) is 17.1. The van der Waals surface area contributed by atoms with Crippen LogP contribution in [0, 0.1) is 11.7 Å². The van der Waals surface area contributed by atoms with Gasteiger partial charge in [-0.15, -0.1) is 11.3 Å². The van der Waals surface area contributed by atoms with Crippen LogP contribution in [0.25, 0.3) is 0 Å². The lowest BCUT2D eigenvalue weighted by atomic mass is 9.98. The molecule has 1 aromatic heterocycles. The summed E-state index contributed by atoms with van der Waals surface area (Å²) in [6.45, 7) is 3.81. The highest BCUT2D eigenvalue weighted by Crippen LogP contribution is 2.20. The molecular formula is C19H23FN2OS. The fourth-order valence-electron chi connectivity index (χ4n) is 3.22. The second-order valence-electron chi connectivity index (χ2n) is 6.39. The van der Waals surface area contributed by atoms with Crippen molar-refractivity contribution >= 4 is 17.2 Å².